The molecule has 1 aromatic heterocycles. The van der Waals surface area contributed by atoms with E-state index in [1.54, 1.807) is 36.4 Å². The van der Waals surface area contributed by atoms with Gasteiger partial charge < -0.3 is 5.32 Å². The Morgan fingerprint density at radius 3 is 2.56 bits per heavy atom. The summed E-state index contributed by atoms with van der Waals surface area (Å²) in [7, 11) is 0. The quantitative estimate of drug-likeness (QED) is 0.313. The van der Waals surface area contributed by atoms with Crippen LogP contribution in [0.1, 0.15) is 5.56 Å². The molecule has 0 aliphatic heterocycles. The zero-order chi connectivity index (χ0) is 22.7. The minimum absolute atomic E-state index is 0.123. The van der Waals surface area contributed by atoms with Gasteiger partial charge in [-0.15, -0.1) is 0 Å². The maximum atomic E-state index is 13.8. The van der Waals surface area contributed by atoms with E-state index in [1.807, 2.05) is 12.1 Å². The summed E-state index contributed by atoms with van der Waals surface area (Å²) in [5.74, 6) is -2.24. The number of carbonyl (C=O) groups excluding carboxylic acids is 1. The Bertz CT molecular complexity index is 1360. The van der Waals surface area contributed by atoms with Crippen LogP contribution in [0, 0.1) is 11.6 Å². The number of para-hydroxylation sites is 1. The van der Waals surface area contributed by atoms with Gasteiger partial charge >= 0.3 is 0 Å². The summed E-state index contributed by atoms with van der Waals surface area (Å²) in [6.45, 7) is 0.240. The summed E-state index contributed by atoms with van der Waals surface area (Å²) >= 11 is 7.00. The summed E-state index contributed by atoms with van der Waals surface area (Å²) in [5.41, 5.74) is 0.991. The highest BCUT2D eigenvalue weighted by Crippen LogP contribution is 2.21. The molecule has 0 bridgehead atoms. The number of hydrogen-bond acceptors (Lipinski definition) is 4. The lowest BCUT2D eigenvalue weighted by atomic mass is 10.2. The van der Waals surface area contributed by atoms with Crippen molar-refractivity contribution >= 4 is 45.9 Å². The standard InChI is InChI=1S/C23H16ClF2N3O2S/c24-15-7-5-14(6-8-15)12-29-22(31)17-3-1-2-4-19(17)28-23(29)32-13-21(30)27-20-10-9-16(25)11-18(20)26/h1-11H,12-13H2,(H,27,30). The second-order valence-corrected chi connectivity index (χ2v) is 8.27. The monoisotopic (exact) mass is 471 g/mol. The maximum Gasteiger partial charge on any atom is 0.262 e. The van der Waals surface area contributed by atoms with Gasteiger partial charge in [0.1, 0.15) is 11.6 Å². The molecule has 1 heterocycles. The third-order valence-electron chi connectivity index (χ3n) is 4.62. The number of halogens is 3. The second kappa shape index (κ2) is 9.50. The third kappa shape index (κ3) is 4.98. The lowest BCUT2D eigenvalue weighted by Crippen LogP contribution is -2.25. The van der Waals surface area contributed by atoms with E-state index in [0.29, 0.717) is 27.1 Å². The van der Waals surface area contributed by atoms with E-state index in [-0.39, 0.29) is 23.5 Å². The van der Waals surface area contributed by atoms with Crippen LogP contribution in [0.15, 0.2) is 76.7 Å². The van der Waals surface area contributed by atoms with Crippen molar-refractivity contribution in [3.05, 3.63) is 99.3 Å². The molecule has 32 heavy (non-hydrogen) atoms. The smallest absolute Gasteiger partial charge is 0.262 e. The van der Waals surface area contributed by atoms with Gasteiger partial charge in [0.05, 0.1) is 28.9 Å². The number of amides is 1. The number of anilines is 1. The lowest BCUT2D eigenvalue weighted by Gasteiger charge is -2.13. The molecule has 0 unspecified atom stereocenters. The molecule has 0 aliphatic rings. The number of nitrogens with one attached hydrogen (secondary N) is 1. The summed E-state index contributed by atoms with van der Waals surface area (Å²) in [6.07, 6.45) is 0. The molecule has 4 aromatic rings. The minimum Gasteiger partial charge on any atom is -0.323 e. The first-order valence-electron chi connectivity index (χ1n) is 9.52. The van der Waals surface area contributed by atoms with Crippen molar-refractivity contribution in [3.8, 4) is 0 Å². The van der Waals surface area contributed by atoms with Gasteiger partial charge in [-0.1, -0.05) is 47.6 Å². The molecule has 0 saturated heterocycles. The summed E-state index contributed by atoms with van der Waals surface area (Å²) in [6, 6.07) is 16.9. The Morgan fingerprint density at radius 2 is 1.81 bits per heavy atom. The van der Waals surface area contributed by atoms with Gasteiger partial charge in [-0.3, -0.25) is 14.2 Å². The highest BCUT2D eigenvalue weighted by molar-refractivity contribution is 7.99. The predicted molar refractivity (Wildman–Crippen MR) is 122 cm³/mol. The molecule has 0 spiro atoms. The molecule has 4 rings (SSSR count). The van der Waals surface area contributed by atoms with Gasteiger partial charge in [-0.2, -0.15) is 0 Å². The number of thioether (sulfide) groups is 1. The number of benzene rings is 3. The van der Waals surface area contributed by atoms with Gasteiger partial charge in [-0.05, 0) is 42.0 Å². The van der Waals surface area contributed by atoms with Crippen molar-refractivity contribution in [2.45, 2.75) is 11.7 Å². The predicted octanol–water partition coefficient (Wildman–Crippen LogP) is 5.11. The van der Waals surface area contributed by atoms with E-state index in [0.717, 1.165) is 29.5 Å². The number of nitrogens with zero attached hydrogens (tertiary/aromatic N) is 2. The first-order chi connectivity index (χ1) is 15.4. The van der Waals surface area contributed by atoms with Gasteiger partial charge in [0.15, 0.2) is 5.16 Å². The Balaban J connectivity index is 1.61. The molecule has 0 saturated carbocycles. The van der Waals surface area contributed by atoms with E-state index in [2.05, 4.69) is 10.3 Å². The molecule has 3 aromatic carbocycles. The molecule has 9 heteroatoms. The SMILES string of the molecule is O=C(CSc1nc2ccccc2c(=O)n1Cc1ccc(Cl)cc1)Nc1ccc(F)cc1F. The Kier molecular flexibility index (Phi) is 6.53. The van der Waals surface area contributed by atoms with Crippen LogP contribution >= 0.6 is 23.4 Å². The van der Waals surface area contributed by atoms with Crippen LogP contribution < -0.4 is 10.9 Å². The molecule has 1 N–H and O–H groups in total. The fraction of sp³-hybridized carbons (Fsp3) is 0.0870. The Morgan fingerprint density at radius 1 is 1.06 bits per heavy atom. The van der Waals surface area contributed by atoms with E-state index >= 15 is 0 Å². The van der Waals surface area contributed by atoms with Crippen LogP contribution in [0.4, 0.5) is 14.5 Å². The van der Waals surface area contributed by atoms with Crippen molar-refractivity contribution in [2.75, 3.05) is 11.1 Å². The summed E-state index contributed by atoms with van der Waals surface area (Å²) in [4.78, 5) is 30.0. The molecule has 162 valence electrons. The van der Waals surface area contributed by atoms with Crippen molar-refractivity contribution < 1.29 is 13.6 Å². The number of hydrogen-bond donors (Lipinski definition) is 1. The highest BCUT2D eigenvalue weighted by Gasteiger charge is 2.15. The fourth-order valence-electron chi connectivity index (χ4n) is 3.08. The summed E-state index contributed by atoms with van der Waals surface area (Å²) < 4.78 is 28.4. The van der Waals surface area contributed by atoms with Crippen molar-refractivity contribution in [1.82, 2.24) is 9.55 Å². The molecule has 0 radical (unpaired) electrons. The summed E-state index contributed by atoms with van der Waals surface area (Å²) in [5, 5.41) is 3.79. The molecule has 0 aliphatic carbocycles. The van der Waals surface area contributed by atoms with Crippen LogP contribution in [0.5, 0.6) is 0 Å². The van der Waals surface area contributed by atoms with E-state index < -0.39 is 17.5 Å². The molecule has 0 fully saturated rings. The Hall–Kier alpha value is -3.23. The van der Waals surface area contributed by atoms with Crippen LogP contribution in [0.2, 0.25) is 5.02 Å². The normalized spacial score (nSPS) is 11.0. The van der Waals surface area contributed by atoms with Crippen LogP contribution in [0.25, 0.3) is 10.9 Å². The maximum absolute atomic E-state index is 13.8. The van der Waals surface area contributed by atoms with E-state index in [4.69, 9.17) is 11.6 Å². The number of rotatable bonds is 6. The fourth-order valence-corrected chi connectivity index (χ4v) is 4.00. The number of fused-ring (bicyclic) bond motifs is 1. The average Bonchev–Trinajstić information content (AvgIpc) is 2.78. The largest absolute Gasteiger partial charge is 0.323 e. The molecular weight excluding hydrogens is 456 g/mol. The van der Waals surface area contributed by atoms with Gasteiger partial charge in [0, 0.05) is 11.1 Å². The zero-order valence-corrected chi connectivity index (χ0v) is 18.1. The number of carbonyl (C=O) groups is 1. The topological polar surface area (TPSA) is 64.0 Å². The van der Waals surface area contributed by atoms with Gasteiger partial charge in [0.2, 0.25) is 5.91 Å². The van der Waals surface area contributed by atoms with Crippen LogP contribution in [-0.4, -0.2) is 21.2 Å². The van der Waals surface area contributed by atoms with Crippen molar-refractivity contribution in [2.24, 2.45) is 0 Å². The van der Waals surface area contributed by atoms with Crippen LogP contribution in [0.3, 0.4) is 0 Å². The average molecular weight is 472 g/mol. The molecular formula is C23H16ClF2N3O2S. The zero-order valence-electron chi connectivity index (χ0n) is 16.5. The molecule has 1 amide bonds. The van der Waals surface area contributed by atoms with E-state index in [1.165, 1.54) is 4.57 Å². The second-order valence-electron chi connectivity index (χ2n) is 6.89. The number of aromatic nitrogens is 2. The third-order valence-corrected chi connectivity index (χ3v) is 5.85. The molecule has 5 nitrogen and oxygen atoms in total. The highest BCUT2D eigenvalue weighted by atomic mass is 35.5. The van der Waals surface area contributed by atoms with Crippen LogP contribution in [-0.2, 0) is 11.3 Å². The van der Waals surface area contributed by atoms with Crippen molar-refractivity contribution in [3.63, 3.8) is 0 Å². The van der Waals surface area contributed by atoms with Gasteiger partial charge in [-0.25, -0.2) is 13.8 Å². The Labute approximate surface area is 191 Å². The first-order valence-corrected chi connectivity index (χ1v) is 10.9. The lowest BCUT2D eigenvalue weighted by molar-refractivity contribution is -0.113. The van der Waals surface area contributed by atoms with E-state index in [9.17, 15) is 18.4 Å². The van der Waals surface area contributed by atoms with Crippen molar-refractivity contribution in [1.29, 1.82) is 0 Å². The first kappa shape index (κ1) is 22.0. The minimum atomic E-state index is -0.869. The van der Waals surface area contributed by atoms with Gasteiger partial charge in [0.25, 0.3) is 5.56 Å². The molecule has 0 atom stereocenters.